The van der Waals surface area contributed by atoms with Crippen molar-refractivity contribution in [2.24, 2.45) is 0 Å². The molecular formula is C48H69ClF3N6NaO21P6. The molecule has 2 atom stereocenters. The third kappa shape index (κ3) is 18.6. The Labute approximate surface area is 522 Å². The number of hydrogen-bond donors (Lipinski definition) is 7. The summed E-state index contributed by atoms with van der Waals surface area (Å²) in [6, 6.07) is 4.26. The molecule has 27 nitrogen and oxygen atoms in total. The molecule has 0 fully saturated rings. The van der Waals surface area contributed by atoms with Crippen LogP contribution in [0.15, 0.2) is 68.9 Å². The number of hydrogen-bond acceptors (Lipinski definition) is 20. The van der Waals surface area contributed by atoms with Crippen molar-refractivity contribution < 1.29 is 141 Å². The predicted molar refractivity (Wildman–Crippen MR) is 304 cm³/mol. The standard InChI is InChI=1S/C24H39FN2O7P2.2C12H15FN2O7P2.ClH.Na/c1-15(2)31-35(28,32-16(3)4)24(25,36(29,33-17(5)6)34-18(7)8)12-21-11-22(14-26-13-21)23-19(9)27-30-20(23)10;2*1-7-11(8(2)22-15-7)10-3-9(5-14-6-10)4-12(13,23(16,17)18)24(19,20)21;;/h11,13-18H,12H2,1-10H3;2*3,5-6H,4H2,1-2H3,(H2,16,17,18)(H2,19,20,21);1H;/q;;;;+1/p-1. The molecule has 7 N–H and O–H groups in total. The monoisotopic (exact) mass is 1370 g/mol. The maximum atomic E-state index is 17.6. The number of nitrogens with zero attached hydrogens (tertiary/aromatic N) is 6. The van der Waals surface area contributed by atoms with Crippen molar-refractivity contribution in [1.29, 1.82) is 0 Å². The summed E-state index contributed by atoms with van der Waals surface area (Å²) in [5.74, 6) is 1.44. The summed E-state index contributed by atoms with van der Waals surface area (Å²) in [7, 11) is -32.9. The Kier molecular flexibility index (Phi) is 28.0. The summed E-state index contributed by atoms with van der Waals surface area (Å²) in [5.41, 5.74) is 4.94. The number of halogens is 4. The van der Waals surface area contributed by atoms with E-state index >= 15 is 4.39 Å². The maximum Gasteiger partial charge on any atom is 1.00 e. The van der Waals surface area contributed by atoms with Crippen molar-refractivity contribution >= 4 is 58.0 Å². The van der Waals surface area contributed by atoms with E-state index in [0.29, 0.717) is 67.7 Å². The van der Waals surface area contributed by atoms with Gasteiger partial charge in [0.25, 0.3) is 5.15 Å². The van der Waals surface area contributed by atoms with E-state index in [1.165, 1.54) is 30.7 Å². The molecule has 6 rings (SSSR count). The topological polar surface area (TPSA) is 421 Å². The van der Waals surface area contributed by atoms with Crippen LogP contribution >= 0.6 is 58.0 Å². The first-order valence-electron chi connectivity index (χ1n) is 25.1. The third-order valence-corrected chi connectivity index (χ3v) is 25.2. The second-order valence-corrected chi connectivity index (χ2v) is 32.7. The van der Waals surface area contributed by atoms with E-state index in [0.717, 1.165) is 12.4 Å². The predicted octanol–water partition coefficient (Wildman–Crippen LogP) is 8.15. The fraction of sp³-hybridized carbons (Fsp3) is 0.500. The molecule has 2 unspecified atom stereocenters. The first-order chi connectivity index (χ1) is 38.3. The largest absolute Gasteiger partial charge is 1.00 e. The number of pyridine rings is 3. The van der Waals surface area contributed by atoms with Gasteiger partial charge in [-0.3, -0.25) is 37.8 Å². The summed E-state index contributed by atoms with van der Waals surface area (Å²) in [5, 5.41) is 0.102. The number of rotatable bonds is 23. The zero-order valence-electron chi connectivity index (χ0n) is 49.4. The Bertz CT molecular complexity index is 3260. The molecule has 0 saturated carbocycles. The van der Waals surface area contributed by atoms with Gasteiger partial charge in [0.2, 0.25) is 0 Å². The van der Waals surface area contributed by atoms with Gasteiger partial charge in [0.15, 0.2) is 7.60 Å². The molecule has 0 radical (unpaired) electrons. The van der Waals surface area contributed by atoms with Crippen LogP contribution in [-0.4, -0.2) is 105 Å². The van der Waals surface area contributed by atoms with Gasteiger partial charge in [-0.1, -0.05) is 15.5 Å². The number of aromatic nitrogens is 6. The van der Waals surface area contributed by atoms with Gasteiger partial charge in [-0.2, -0.15) is 0 Å². The van der Waals surface area contributed by atoms with Gasteiger partial charge in [-0.25, -0.2) is 13.2 Å². The molecule has 476 valence electrons. The van der Waals surface area contributed by atoms with Crippen LogP contribution < -0.4 is 34.5 Å². The average Bonchev–Trinajstić information content (AvgIpc) is 1.27. The van der Waals surface area contributed by atoms with Crippen molar-refractivity contribution in [2.75, 3.05) is 0 Å². The quantitative estimate of drug-likeness (QED) is 0.0235. The third-order valence-electron chi connectivity index (χ3n) is 11.6. The molecule has 0 amide bonds. The molecule has 0 aliphatic rings. The Morgan fingerprint density at radius 3 is 0.884 bits per heavy atom. The Balaban J connectivity index is 0.000000448. The van der Waals surface area contributed by atoms with Crippen LogP contribution in [-0.2, 0) is 64.7 Å². The van der Waals surface area contributed by atoms with Crippen LogP contribution in [0.3, 0.4) is 0 Å². The van der Waals surface area contributed by atoms with Crippen molar-refractivity contribution in [3.8, 4) is 33.4 Å². The van der Waals surface area contributed by atoms with Crippen molar-refractivity contribution in [3.05, 3.63) is 106 Å². The van der Waals surface area contributed by atoms with Crippen LogP contribution in [0, 0.1) is 41.5 Å². The normalized spacial score (nSPS) is 14.2. The van der Waals surface area contributed by atoms with Crippen LogP contribution in [0.2, 0.25) is 0 Å². The van der Waals surface area contributed by atoms with E-state index in [1.807, 2.05) is 0 Å². The molecule has 6 heterocycles. The van der Waals surface area contributed by atoms with Crippen molar-refractivity contribution in [1.82, 2.24) is 30.4 Å². The molecule has 0 aliphatic heterocycles. The molecule has 0 aromatic carbocycles. The molecule has 86 heavy (non-hydrogen) atoms. The van der Waals surface area contributed by atoms with Crippen molar-refractivity contribution in [3.63, 3.8) is 0 Å². The first-order valence-corrected chi connectivity index (χ1v) is 34.6. The molecular weight excluding hydrogens is 1300 g/mol. The minimum atomic E-state index is -6.01. The smallest absolute Gasteiger partial charge is 0.776 e. The fourth-order valence-electron chi connectivity index (χ4n) is 8.20. The Morgan fingerprint density at radius 1 is 0.453 bits per heavy atom. The van der Waals surface area contributed by atoms with E-state index < -0.39 is 105 Å². The second-order valence-electron chi connectivity index (χ2n) is 20.3. The SMILES string of the molecule is Cc1noc(C)c1-c1cncc(CC(F)(P(=O)(O)O)P(=O)(O)O)c1.Cc1noc(C)c1-c1cncc(CC(F)(P(=O)(OC(C)C)OC(C)C)P(=O)(OC(C)C)OC(C)C)c1.Cc1noc(C)c1-c1cncc(CC(F)(P(=O)([O-])O)P(=O)(O)O)c1.Cl.[Na+]. The van der Waals surface area contributed by atoms with Crippen LogP contribution in [0.25, 0.3) is 33.4 Å². The zero-order valence-corrected chi connectivity index (χ0v) is 57.6. The number of aryl methyl sites for hydroxylation is 6. The van der Waals surface area contributed by atoms with Crippen LogP contribution in [0.4, 0.5) is 13.2 Å². The molecule has 38 heteroatoms. The Hall–Kier alpha value is -2.94. The van der Waals surface area contributed by atoms with Gasteiger partial charge in [0.05, 0.1) is 41.5 Å². The van der Waals surface area contributed by atoms with Crippen LogP contribution in [0.1, 0.15) is 106 Å². The van der Waals surface area contributed by atoms with E-state index in [1.54, 1.807) is 109 Å². The van der Waals surface area contributed by atoms with E-state index in [9.17, 15) is 41.1 Å². The zero-order chi connectivity index (χ0) is 64.1. The van der Waals surface area contributed by atoms with E-state index in [-0.39, 0.29) is 58.7 Å². The molecule has 0 saturated heterocycles. The fourth-order valence-corrected chi connectivity index (χ4v) is 17.9. The minimum absolute atomic E-state index is 0. The minimum Gasteiger partial charge on any atom is -0.776 e. The molecule has 6 aromatic heterocycles. The van der Waals surface area contributed by atoms with Gasteiger partial charge < -0.3 is 75.4 Å². The first kappa shape index (κ1) is 79.2. The van der Waals surface area contributed by atoms with Gasteiger partial charge in [0, 0.05) is 89.8 Å². The summed E-state index contributed by atoms with van der Waals surface area (Å²) >= 11 is 0. The summed E-state index contributed by atoms with van der Waals surface area (Å²) in [6.45, 7) is 22.8. The average molecular weight is 1370 g/mol. The summed E-state index contributed by atoms with van der Waals surface area (Å²) < 4.78 is 158. The maximum absolute atomic E-state index is 17.6. The summed E-state index contributed by atoms with van der Waals surface area (Å²) in [4.78, 5) is 86.4. The Morgan fingerprint density at radius 2 is 0.686 bits per heavy atom. The van der Waals surface area contributed by atoms with E-state index in [4.69, 9.17) is 65.9 Å². The second kappa shape index (κ2) is 30.5. The summed E-state index contributed by atoms with van der Waals surface area (Å²) in [6.07, 6.45) is 1.92. The molecule has 0 aliphatic carbocycles. The van der Waals surface area contributed by atoms with Crippen LogP contribution in [0.5, 0.6) is 0 Å². The number of alkyl halides is 3. The van der Waals surface area contributed by atoms with Crippen molar-refractivity contribution in [2.45, 2.75) is 156 Å². The molecule has 0 bridgehead atoms. The molecule has 0 spiro atoms. The van der Waals surface area contributed by atoms with Gasteiger partial charge >= 0.3 is 77.8 Å². The van der Waals surface area contributed by atoms with E-state index in [2.05, 4.69) is 30.4 Å². The van der Waals surface area contributed by atoms with Gasteiger partial charge in [-0.15, -0.1) is 12.4 Å². The van der Waals surface area contributed by atoms with Gasteiger partial charge in [0.1, 0.15) is 17.3 Å². The van der Waals surface area contributed by atoms with Gasteiger partial charge in [-0.05, 0) is 132 Å². The molecule has 6 aromatic rings.